The quantitative estimate of drug-likeness (QED) is 0.844. The Hall–Kier alpha value is -1.71. The lowest BCUT2D eigenvalue weighted by Crippen LogP contribution is -2.30. The minimum absolute atomic E-state index is 0.127. The number of benzene rings is 1. The number of hydrogen-bond acceptors (Lipinski definition) is 3. The molecular formula is C13H16O4. The summed E-state index contributed by atoms with van der Waals surface area (Å²) in [5.74, 6) is 0.138. The second-order valence-corrected chi connectivity index (χ2v) is 5.13. The minimum atomic E-state index is -0.820. The lowest BCUT2D eigenvalue weighted by molar-refractivity contribution is -0.148. The van der Waals surface area contributed by atoms with Gasteiger partial charge in [0.2, 0.25) is 0 Å². The van der Waals surface area contributed by atoms with Crippen LogP contribution < -0.4 is 4.74 Å². The lowest BCUT2D eigenvalue weighted by atomic mass is 9.86. The Labute approximate surface area is 99.8 Å². The second kappa shape index (κ2) is 3.95. The predicted molar refractivity (Wildman–Crippen MR) is 62.3 cm³/mol. The maximum Gasteiger partial charge on any atom is 0.309 e. The molecule has 92 valence electrons. The summed E-state index contributed by atoms with van der Waals surface area (Å²) in [5.41, 5.74) is 0.144. The summed E-state index contributed by atoms with van der Waals surface area (Å²) in [7, 11) is 0. The molecule has 1 aromatic rings. The summed E-state index contributed by atoms with van der Waals surface area (Å²) in [6, 6.07) is 4.96. The van der Waals surface area contributed by atoms with Gasteiger partial charge < -0.3 is 14.9 Å². The zero-order valence-electron chi connectivity index (χ0n) is 9.93. The zero-order chi connectivity index (χ0) is 12.6. The van der Waals surface area contributed by atoms with Crippen LogP contribution in [0.3, 0.4) is 0 Å². The van der Waals surface area contributed by atoms with Gasteiger partial charge >= 0.3 is 5.97 Å². The van der Waals surface area contributed by atoms with Crippen LogP contribution in [0.1, 0.15) is 25.8 Å². The van der Waals surface area contributed by atoms with Crippen LogP contribution in [0, 0.1) is 5.41 Å². The number of aliphatic carboxylic acids is 1. The van der Waals surface area contributed by atoms with E-state index in [9.17, 15) is 9.90 Å². The molecule has 1 unspecified atom stereocenters. The van der Waals surface area contributed by atoms with Crippen molar-refractivity contribution in [2.45, 2.75) is 32.8 Å². The molecule has 1 atom stereocenters. The number of phenolic OH excluding ortho intramolecular Hbond substituents is 1. The third-order valence-corrected chi connectivity index (χ3v) is 3.10. The number of aromatic hydroxyl groups is 1. The highest BCUT2D eigenvalue weighted by Gasteiger charge is 2.34. The first-order chi connectivity index (χ1) is 7.88. The molecule has 0 fully saturated rings. The highest BCUT2D eigenvalue weighted by Crippen LogP contribution is 2.36. The van der Waals surface area contributed by atoms with Crippen LogP contribution in [-0.4, -0.2) is 22.3 Å². The predicted octanol–water partition coefficient (Wildman–Crippen LogP) is 2.20. The third kappa shape index (κ3) is 2.35. The van der Waals surface area contributed by atoms with Gasteiger partial charge in [-0.05, 0) is 32.0 Å². The molecule has 0 saturated heterocycles. The molecule has 4 heteroatoms. The van der Waals surface area contributed by atoms with Crippen LogP contribution in [0.4, 0.5) is 0 Å². The number of rotatable bonds is 3. The van der Waals surface area contributed by atoms with E-state index in [1.54, 1.807) is 32.0 Å². The Morgan fingerprint density at radius 2 is 2.24 bits per heavy atom. The summed E-state index contributed by atoms with van der Waals surface area (Å²) in [6.45, 7) is 3.39. The summed E-state index contributed by atoms with van der Waals surface area (Å²) in [4.78, 5) is 11.0. The summed E-state index contributed by atoms with van der Waals surface area (Å²) in [6.07, 6.45) is 0.982. The molecule has 1 heterocycles. The molecule has 17 heavy (non-hydrogen) atoms. The van der Waals surface area contributed by atoms with Gasteiger partial charge in [0.05, 0.1) is 5.41 Å². The van der Waals surface area contributed by atoms with Crippen molar-refractivity contribution in [3.63, 3.8) is 0 Å². The van der Waals surface area contributed by atoms with Gasteiger partial charge in [0.1, 0.15) is 17.6 Å². The molecule has 0 spiro atoms. The van der Waals surface area contributed by atoms with E-state index in [1.165, 1.54) is 0 Å². The fourth-order valence-electron chi connectivity index (χ4n) is 2.08. The van der Waals surface area contributed by atoms with Crippen molar-refractivity contribution in [2.75, 3.05) is 0 Å². The number of fused-ring (bicyclic) bond motifs is 1. The first-order valence-electron chi connectivity index (χ1n) is 5.60. The topological polar surface area (TPSA) is 66.8 Å². The van der Waals surface area contributed by atoms with Gasteiger partial charge in [-0.3, -0.25) is 4.79 Å². The van der Waals surface area contributed by atoms with E-state index in [-0.39, 0.29) is 11.9 Å². The van der Waals surface area contributed by atoms with Crippen LogP contribution in [0.25, 0.3) is 0 Å². The average Bonchev–Trinajstić information content (AvgIpc) is 2.57. The van der Waals surface area contributed by atoms with Crippen molar-refractivity contribution in [3.8, 4) is 11.5 Å². The van der Waals surface area contributed by atoms with E-state index < -0.39 is 11.4 Å². The molecule has 1 aliphatic heterocycles. The maximum atomic E-state index is 11.0. The van der Waals surface area contributed by atoms with Gasteiger partial charge in [-0.2, -0.15) is 0 Å². The molecule has 4 nitrogen and oxygen atoms in total. The lowest BCUT2D eigenvalue weighted by Gasteiger charge is -2.22. The van der Waals surface area contributed by atoms with Crippen molar-refractivity contribution in [1.29, 1.82) is 0 Å². The SMILES string of the molecule is CC(C)(CC1Cc2cc(O)ccc2O1)C(=O)O. The van der Waals surface area contributed by atoms with Crippen LogP contribution in [0.5, 0.6) is 11.5 Å². The smallest absolute Gasteiger partial charge is 0.309 e. The molecule has 0 radical (unpaired) electrons. The monoisotopic (exact) mass is 236 g/mol. The Morgan fingerprint density at radius 3 is 2.88 bits per heavy atom. The maximum absolute atomic E-state index is 11.0. The average molecular weight is 236 g/mol. The van der Waals surface area contributed by atoms with Crippen molar-refractivity contribution >= 4 is 5.97 Å². The number of carboxylic acid groups (broad SMARTS) is 1. The van der Waals surface area contributed by atoms with Crippen LogP contribution >= 0.6 is 0 Å². The number of hydrogen-bond donors (Lipinski definition) is 2. The van der Waals surface area contributed by atoms with Crippen LogP contribution in [0.2, 0.25) is 0 Å². The van der Waals surface area contributed by atoms with E-state index in [4.69, 9.17) is 9.84 Å². The summed E-state index contributed by atoms with van der Waals surface area (Å²) >= 11 is 0. The number of carboxylic acids is 1. The normalized spacial score (nSPS) is 18.6. The minimum Gasteiger partial charge on any atom is -0.508 e. The van der Waals surface area contributed by atoms with Crippen LogP contribution in [-0.2, 0) is 11.2 Å². The molecule has 1 aliphatic rings. The number of carbonyl (C=O) groups is 1. The van der Waals surface area contributed by atoms with Gasteiger partial charge in [-0.15, -0.1) is 0 Å². The molecule has 0 bridgehead atoms. The standard InChI is InChI=1S/C13H16O4/c1-13(2,12(15)16)7-10-6-8-5-9(14)3-4-11(8)17-10/h3-5,10,14H,6-7H2,1-2H3,(H,15,16). The van der Waals surface area contributed by atoms with E-state index >= 15 is 0 Å². The molecule has 2 rings (SSSR count). The molecule has 0 saturated carbocycles. The fourth-order valence-corrected chi connectivity index (χ4v) is 2.08. The Kier molecular flexibility index (Phi) is 2.73. The second-order valence-electron chi connectivity index (χ2n) is 5.13. The van der Waals surface area contributed by atoms with Gasteiger partial charge in [0.15, 0.2) is 0 Å². The van der Waals surface area contributed by atoms with Crippen molar-refractivity contribution in [3.05, 3.63) is 23.8 Å². The third-order valence-electron chi connectivity index (χ3n) is 3.10. The van der Waals surface area contributed by atoms with Crippen molar-refractivity contribution < 1.29 is 19.7 Å². The first kappa shape index (κ1) is 11.8. The Balaban J connectivity index is 2.08. The van der Waals surface area contributed by atoms with E-state index in [1.807, 2.05) is 0 Å². The van der Waals surface area contributed by atoms with Crippen molar-refractivity contribution in [1.82, 2.24) is 0 Å². The molecule has 0 aliphatic carbocycles. The van der Waals surface area contributed by atoms with Gasteiger partial charge in [-0.25, -0.2) is 0 Å². The Morgan fingerprint density at radius 1 is 1.53 bits per heavy atom. The number of phenols is 1. The van der Waals surface area contributed by atoms with Crippen LogP contribution in [0.15, 0.2) is 18.2 Å². The fraction of sp³-hybridized carbons (Fsp3) is 0.462. The molecule has 1 aromatic carbocycles. The van der Waals surface area contributed by atoms with E-state index in [0.29, 0.717) is 12.8 Å². The van der Waals surface area contributed by atoms with Gasteiger partial charge in [0.25, 0.3) is 0 Å². The highest BCUT2D eigenvalue weighted by atomic mass is 16.5. The van der Waals surface area contributed by atoms with Crippen molar-refractivity contribution in [2.24, 2.45) is 5.41 Å². The molecule has 0 amide bonds. The van der Waals surface area contributed by atoms with E-state index in [2.05, 4.69) is 0 Å². The summed E-state index contributed by atoms with van der Waals surface area (Å²) < 4.78 is 5.67. The summed E-state index contributed by atoms with van der Waals surface area (Å²) in [5, 5.41) is 18.4. The molecule has 0 aromatic heterocycles. The highest BCUT2D eigenvalue weighted by molar-refractivity contribution is 5.73. The van der Waals surface area contributed by atoms with Gasteiger partial charge in [0, 0.05) is 18.4 Å². The van der Waals surface area contributed by atoms with Gasteiger partial charge in [-0.1, -0.05) is 0 Å². The Bertz CT molecular complexity index is 451. The molecular weight excluding hydrogens is 220 g/mol. The zero-order valence-corrected chi connectivity index (χ0v) is 9.93. The largest absolute Gasteiger partial charge is 0.508 e. The molecule has 2 N–H and O–H groups in total. The van der Waals surface area contributed by atoms with E-state index in [0.717, 1.165) is 11.3 Å². The number of ether oxygens (including phenoxy) is 1. The first-order valence-corrected chi connectivity index (χ1v) is 5.60.